The Kier molecular flexibility index (Phi) is 2.08. The molecular weight excluding hydrogens is 180 g/mol. The highest BCUT2D eigenvalue weighted by Gasteiger charge is 2.24. The van der Waals surface area contributed by atoms with Crippen LogP contribution in [0.4, 0.5) is 0 Å². The van der Waals surface area contributed by atoms with Crippen LogP contribution in [0.15, 0.2) is 35.1 Å². The third-order valence-corrected chi connectivity index (χ3v) is 2.48. The normalized spacial score (nSPS) is 24.1. The van der Waals surface area contributed by atoms with Crippen LogP contribution in [0.3, 0.4) is 0 Å². The SMILES string of the molecule is CC1=CC2COC=C2C=C1C(=O)C=O. The summed E-state index contributed by atoms with van der Waals surface area (Å²) in [7, 11) is 0. The predicted octanol–water partition coefficient (Wildman–Crippen LogP) is 1.17. The minimum absolute atomic E-state index is 0.248. The van der Waals surface area contributed by atoms with E-state index >= 15 is 0 Å². The Morgan fingerprint density at radius 2 is 2.43 bits per heavy atom. The van der Waals surface area contributed by atoms with Gasteiger partial charge in [0.2, 0.25) is 5.78 Å². The second kappa shape index (κ2) is 3.25. The number of fused-ring (bicyclic) bond motifs is 1. The first-order chi connectivity index (χ1) is 6.72. The molecule has 0 fully saturated rings. The molecule has 3 nitrogen and oxygen atoms in total. The topological polar surface area (TPSA) is 43.4 Å². The maximum atomic E-state index is 11.2. The Bertz CT molecular complexity index is 385. The largest absolute Gasteiger partial charge is 0.500 e. The summed E-state index contributed by atoms with van der Waals surface area (Å²) in [5, 5.41) is 0. The molecule has 1 aliphatic heterocycles. The number of ether oxygens (including phenoxy) is 1. The number of hydrogen-bond acceptors (Lipinski definition) is 3. The number of ketones is 1. The van der Waals surface area contributed by atoms with Crippen molar-refractivity contribution < 1.29 is 14.3 Å². The fraction of sp³-hybridized carbons (Fsp3) is 0.273. The van der Waals surface area contributed by atoms with E-state index in [1.807, 2.05) is 13.0 Å². The molecule has 0 radical (unpaired) electrons. The van der Waals surface area contributed by atoms with Crippen molar-refractivity contribution in [2.75, 3.05) is 6.61 Å². The molecule has 1 unspecified atom stereocenters. The summed E-state index contributed by atoms with van der Waals surface area (Å²) in [5.41, 5.74) is 2.31. The van der Waals surface area contributed by atoms with Crippen molar-refractivity contribution in [3.8, 4) is 0 Å². The van der Waals surface area contributed by atoms with Gasteiger partial charge in [-0.3, -0.25) is 9.59 Å². The number of aldehydes is 1. The second-order valence-electron chi connectivity index (χ2n) is 3.45. The first-order valence-electron chi connectivity index (χ1n) is 4.44. The lowest BCUT2D eigenvalue weighted by molar-refractivity contribution is -0.127. The first kappa shape index (κ1) is 8.94. The molecule has 2 aliphatic rings. The van der Waals surface area contributed by atoms with E-state index in [2.05, 4.69) is 0 Å². The molecule has 14 heavy (non-hydrogen) atoms. The molecule has 0 saturated carbocycles. The van der Waals surface area contributed by atoms with Gasteiger partial charge in [0.05, 0.1) is 12.9 Å². The Labute approximate surface area is 81.7 Å². The first-order valence-corrected chi connectivity index (χ1v) is 4.44. The number of carbonyl (C=O) groups is 2. The average molecular weight is 190 g/mol. The van der Waals surface area contributed by atoms with Crippen molar-refractivity contribution in [1.82, 2.24) is 0 Å². The molecular formula is C11H10O3. The van der Waals surface area contributed by atoms with Gasteiger partial charge in [0, 0.05) is 11.5 Å². The fourth-order valence-electron chi connectivity index (χ4n) is 1.72. The standard InChI is InChI=1S/C11H10O3/c1-7-2-8-5-14-6-9(8)3-10(7)11(13)4-12/h2-4,6,8H,5H2,1H3. The van der Waals surface area contributed by atoms with Crippen LogP contribution in [0.1, 0.15) is 6.92 Å². The number of allylic oxidation sites excluding steroid dienone is 3. The van der Waals surface area contributed by atoms with Crippen LogP contribution in [0.25, 0.3) is 0 Å². The molecule has 1 heterocycles. The van der Waals surface area contributed by atoms with Crippen LogP contribution in [0.2, 0.25) is 0 Å². The molecule has 72 valence electrons. The lowest BCUT2D eigenvalue weighted by atomic mass is 9.87. The molecule has 3 heteroatoms. The van der Waals surface area contributed by atoms with Gasteiger partial charge in [-0.15, -0.1) is 0 Å². The monoisotopic (exact) mass is 190 g/mol. The number of hydrogen-bond donors (Lipinski definition) is 0. The third kappa shape index (κ3) is 1.31. The van der Waals surface area contributed by atoms with Gasteiger partial charge >= 0.3 is 0 Å². The highest BCUT2D eigenvalue weighted by molar-refractivity contribution is 6.34. The fourth-order valence-corrected chi connectivity index (χ4v) is 1.72. The Balaban J connectivity index is 2.38. The van der Waals surface area contributed by atoms with Crippen LogP contribution in [0, 0.1) is 5.92 Å². The molecule has 0 bridgehead atoms. The molecule has 0 aromatic carbocycles. The highest BCUT2D eigenvalue weighted by Crippen LogP contribution is 2.31. The van der Waals surface area contributed by atoms with E-state index in [1.165, 1.54) is 0 Å². The van der Waals surface area contributed by atoms with Crippen molar-refractivity contribution in [1.29, 1.82) is 0 Å². The predicted molar refractivity (Wildman–Crippen MR) is 50.4 cm³/mol. The Hall–Kier alpha value is -1.64. The molecule has 0 aromatic rings. The third-order valence-electron chi connectivity index (χ3n) is 2.48. The van der Waals surface area contributed by atoms with Gasteiger partial charge in [-0.05, 0) is 24.1 Å². The molecule has 0 saturated heterocycles. The summed E-state index contributed by atoms with van der Waals surface area (Å²) in [6, 6.07) is 0. The average Bonchev–Trinajstić information content (AvgIpc) is 2.62. The quantitative estimate of drug-likeness (QED) is 0.485. The van der Waals surface area contributed by atoms with Crippen molar-refractivity contribution in [2.24, 2.45) is 5.92 Å². The van der Waals surface area contributed by atoms with Gasteiger partial charge in [0.25, 0.3) is 0 Å². The van der Waals surface area contributed by atoms with Crippen molar-refractivity contribution in [3.05, 3.63) is 35.1 Å². The van der Waals surface area contributed by atoms with Crippen LogP contribution in [-0.2, 0) is 14.3 Å². The van der Waals surface area contributed by atoms with Crippen molar-refractivity contribution in [2.45, 2.75) is 6.92 Å². The maximum absolute atomic E-state index is 11.2. The van der Waals surface area contributed by atoms with E-state index in [0.717, 1.165) is 11.1 Å². The van der Waals surface area contributed by atoms with Crippen LogP contribution in [0.5, 0.6) is 0 Å². The van der Waals surface area contributed by atoms with E-state index in [-0.39, 0.29) is 5.92 Å². The van der Waals surface area contributed by atoms with E-state index in [9.17, 15) is 9.59 Å². The van der Waals surface area contributed by atoms with Gasteiger partial charge in [-0.25, -0.2) is 0 Å². The second-order valence-corrected chi connectivity index (χ2v) is 3.45. The summed E-state index contributed by atoms with van der Waals surface area (Å²) in [5.74, 6) is -0.219. The smallest absolute Gasteiger partial charge is 0.225 e. The number of rotatable bonds is 2. The Morgan fingerprint density at radius 1 is 1.64 bits per heavy atom. The summed E-state index contributed by atoms with van der Waals surface area (Å²) in [6.45, 7) is 2.47. The van der Waals surface area contributed by atoms with Crippen molar-refractivity contribution >= 4 is 12.1 Å². The molecule has 0 amide bonds. The van der Waals surface area contributed by atoms with Crippen molar-refractivity contribution in [3.63, 3.8) is 0 Å². The highest BCUT2D eigenvalue weighted by atomic mass is 16.5. The van der Waals surface area contributed by atoms with E-state index < -0.39 is 5.78 Å². The molecule has 1 atom stereocenters. The van der Waals surface area contributed by atoms with Gasteiger partial charge in [-0.2, -0.15) is 0 Å². The molecule has 2 rings (SSSR count). The zero-order chi connectivity index (χ0) is 10.1. The summed E-state index contributed by atoms with van der Waals surface area (Å²) in [6.07, 6.45) is 5.70. The van der Waals surface area contributed by atoms with Gasteiger partial charge in [0.15, 0.2) is 6.29 Å². The Morgan fingerprint density at radius 3 is 3.14 bits per heavy atom. The lowest BCUT2D eigenvalue weighted by Gasteiger charge is -2.14. The van der Waals surface area contributed by atoms with Crippen LogP contribution in [-0.4, -0.2) is 18.7 Å². The van der Waals surface area contributed by atoms with Gasteiger partial charge in [-0.1, -0.05) is 6.08 Å². The summed E-state index contributed by atoms with van der Waals surface area (Å²) in [4.78, 5) is 21.6. The minimum Gasteiger partial charge on any atom is -0.500 e. The summed E-state index contributed by atoms with van der Waals surface area (Å²) >= 11 is 0. The van der Waals surface area contributed by atoms with Crippen LogP contribution >= 0.6 is 0 Å². The minimum atomic E-state index is -0.468. The molecule has 0 N–H and O–H groups in total. The van der Waals surface area contributed by atoms with E-state index in [0.29, 0.717) is 18.5 Å². The van der Waals surface area contributed by atoms with E-state index in [1.54, 1.807) is 12.3 Å². The number of carbonyl (C=O) groups excluding carboxylic acids is 2. The number of Topliss-reactive ketones (excluding diaryl/α,β-unsaturated/α-hetero) is 1. The van der Waals surface area contributed by atoms with Crippen LogP contribution < -0.4 is 0 Å². The lowest BCUT2D eigenvalue weighted by Crippen LogP contribution is -2.12. The van der Waals surface area contributed by atoms with Gasteiger partial charge < -0.3 is 4.74 Å². The van der Waals surface area contributed by atoms with E-state index in [4.69, 9.17) is 4.74 Å². The van der Waals surface area contributed by atoms with Gasteiger partial charge in [0.1, 0.15) is 0 Å². The maximum Gasteiger partial charge on any atom is 0.225 e. The molecule has 0 aromatic heterocycles. The zero-order valence-electron chi connectivity index (χ0n) is 7.82. The molecule has 0 spiro atoms. The summed E-state index contributed by atoms with van der Waals surface area (Å²) < 4.78 is 5.15. The zero-order valence-corrected chi connectivity index (χ0v) is 7.82. The molecule has 1 aliphatic carbocycles.